The third kappa shape index (κ3) is 4.22. The van der Waals surface area contributed by atoms with E-state index in [0.717, 1.165) is 11.1 Å². The van der Waals surface area contributed by atoms with Crippen LogP contribution in [0.5, 0.6) is 5.75 Å². The number of aliphatic hydroxyl groups is 1. The molecule has 0 aliphatic carbocycles. The molecule has 2 N–H and O–H groups in total. The summed E-state index contributed by atoms with van der Waals surface area (Å²) in [5.41, 5.74) is 3.17. The first-order chi connectivity index (χ1) is 17.3. The number of carbonyl (C=O) groups is 2. The first-order valence-electron chi connectivity index (χ1n) is 11.7. The predicted octanol–water partition coefficient (Wildman–Crippen LogP) is 4.93. The third-order valence-corrected chi connectivity index (χ3v) is 5.96. The lowest BCUT2D eigenvalue weighted by molar-refractivity contribution is -0.132. The van der Waals surface area contributed by atoms with Gasteiger partial charge in [0.1, 0.15) is 17.6 Å². The number of imidazole rings is 1. The molecule has 5 rings (SSSR count). The van der Waals surface area contributed by atoms with Gasteiger partial charge in [-0.2, -0.15) is 0 Å². The first-order valence-corrected chi connectivity index (χ1v) is 11.7. The van der Waals surface area contributed by atoms with Gasteiger partial charge in [-0.3, -0.25) is 19.5 Å². The molecular formula is C28H26N4O4. The Hall–Kier alpha value is -4.46. The van der Waals surface area contributed by atoms with Crippen LogP contribution in [0.4, 0.5) is 5.95 Å². The van der Waals surface area contributed by atoms with Crippen LogP contribution in [0.2, 0.25) is 0 Å². The van der Waals surface area contributed by atoms with Crippen molar-refractivity contribution in [2.45, 2.75) is 26.8 Å². The Kier molecular flexibility index (Phi) is 6.01. The topological polar surface area (TPSA) is 108 Å². The molecule has 182 valence electrons. The van der Waals surface area contributed by atoms with Crippen LogP contribution in [0.1, 0.15) is 36.7 Å². The zero-order valence-corrected chi connectivity index (χ0v) is 20.2. The summed E-state index contributed by atoms with van der Waals surface area (Å²) in [7, 11) is 0. The number of rotatable bonds is 6. The van der Waals surface area contributed by atoms with Crippen LogP contribution in [-0.2, 0) is 9.59 Å². The van der Waals surface area contributed by atoms with Gasteiger partial charge in [0.15, 0.2) is 0 Å². The van der Waals surface area contributed by atoms with Crippen molar-refractivity contribution in [1.29, 1.82) is 0 Å². The fourth-order valence-electron chi connectivity index (χ4n) is 4.24. The lowest BCUT2D eigenvalue weighted by Crippen LogP contribution is -2.30. The number of aliphatic hydroxyl groups excluding tert-OH is 1. The van der Waals surface area contributed by atoms with E-state index < -0.39 is 17.7 Å². The molecule has 0 saturated carbocycles. The highest BCUT2D eigenvalue weighted by Gasteiger charge is 2.48. The minimum atomic E-state index is -0.965. The van der Waals surface area contributed by atoms with Gasteiger partial charge >= 0.3 is 5.91 Å². The van der Waals surface area contributed by atoms with E-state index in [0.29, 0.717) is 35.0 Å². The van der Waals surface area contributed by atoms with Crippen molar-refractivity contribution >= 4 is 34.4 Å². The van der Waals surface area contributed by atoms with Crippen molar-refractivity contribution in [1.82, 2.24) is 15.0 Å². The Bertz CT molecular complexity index is 1490. The largest absolute Gasteiger partial charge is 0.507 e. The molecule has 1 saturated heterocycles. The summed E-state index contributed by atoms with van der Waals surface area (Å²) in [6.07, 6.45) is 1.58. The van der Waals surface area contributed by atoms with Crippen LogP contribution in [-0.4, -0.2) is 38.4 Å². The number of nitrogens with zero attached hydrogens (tertiary/aromatic N) is 3. The minimum Gasteiger partial charge on any atom is -0.507 e. The lowest BCUT2D eigenvalue weighted by atomic mass is 9.98. The van der Waals surface area contributed by atoms with E-state index in [-0.39, 0.29) is 17.3 Å². The lowest BCUT2D eigenvalue weighted by Gasteiger charge is -2.22. The molecule has 2 aromatic heterocycles. The summed E-state index contributed by atoms with van der Waals surface area (Å²) in [5, 5.41) is 11.3. The molecule has 0 radical (unpaired) electrons. The average molecular weight is 483 g/mol. The fraction of sp³-hybridized carbons (Fsp3) is 0.214. The standard InChI is InChI=1S/C28H26N4O4/c1-16(2)15-36-19-8-6-7-18(14-19)25(33)23-24(21-9-4-5-12-29-21)32(27(35)26(23)34)28-30-20-11-10-17(3)13-22(20)31-28/h4-14,16,24,33H,15H2,1-3H3,(H,30,31)/b25-23+. The molecule has 3 heterocycles. The highest BCUT2D eigenvalue weighted by Crippen LogP contribution is 2.41. The number of aryl methyl sites for hydroxylation is 1. The molecule has 4 aromatic rings. The Labute approximate surface area is 208 Å². The van der Waals surface area contributed by atoms with E-state index in [4.69, 9.17) is 4.74 Å². The van der Waals surface area contributed by atoms with Crippen molar-refractivity contribution in [3.63, 3.8) is 0 Å². The molecule has 1 atom stereocenters. The zero-order chi connectivity index (χ0) is 25.4. The van der Waals surface area contributed by atoms with Crippen molar-refractivity contribution < 1.29 is 19.4 Å². The van der Waals surface area contributed by atoms with E-state index in [1.807, 2.05) is 39.0 Å². The smallest absolute Gasteiger partial charge is 0.302 e. The molecule has 1 aliphatic heterocycles. The number of pyridine rings is 1. The highest BCUT2D eigenvalue weighted by atomic mass is 16.5. The number of nitrogens with one attached hydrogen (secondary N) is 1. The number of anilines is 1. The summed E-state index contributed by atoms with van der Waals surface area (Å²) >= 11 is 0. The second-order valence-electron chi connectivity index (χ2n) is 9.24. The predicted molar refractivity (Wildman–Crippen MR) is 137 cm³/mol. The maximum Gasteiger partial charge on any atom is 0.302 e. The van der Waals surface area contributed by atoms with Crippen molar-refractivity contribution in [3.05, 3.63) is 89.3 Å². The van der Waals surface area contributed by atoms with Gasteiger partial charge in [0, 0.05) is 11.8 Å². The molecule has 1 fully saturated rings. The van der Waals surface area contributed by atoms with Gasteiger partial charge in [-0.15, -0.1) is 0 Å². The molecule has 8 heteroatoms. The van der Waals surface area contributed by atoms with E-state index in [2.05, 4.69) is 15.0 Å². The van der Waals surface area contributed by atoms with E-state index >= 15 is 0 Å². The number of aromatic amines is 1. The van der Waals surface area contributed by atoms with Crippen LogP contribution in [0.15, 0.2) is 72.4 Å². The van der Waals surface area contributed by atoms with Gasteiger partial charge in [-0.05, 0) is 54.8 Å². The van der Waals surface area contributed by atoms with Crippen LogP contribution in [0.3, 0.4) is 0 Å². The molecule has 36 heavy (non-hydrogen) atoms. The summed E-state index contributed by atoms with van der Waals surface area (Å²) in [6.45, 7) is 6.54. The third-order valence-electron chi connectivity index (χ3n) is 5.96. The van der Waals surface area contributed by atoms with Gasteiger partial charge in [0.05, 0.1) is 28.9 Å². The SMILES string of the molecule is Cc1ccc2nc(N3C(=O)C(=O)/C(=C(/O)c4cccc(OCC(C)C)c4)C3c3ccccn3)[nH]c2c1. The van der Waals surface area contributed by atoms with Gasteiger partial charge < -0.3 is 14.8 Å². The minimum absolute atomic E-state index is 0.0589. The monoisotopic (exact) mass is 482 g/mol. The number of H-pyrrole nitrogens is 1. The Morgan fingerprint density at radius 1 is 1.11 bits per heavy atom. The van der Waals surface area contributed by atoms with E-state index in [9.17, 15) is 14.7 Å². The number of carbonyl (C=O) groups excluding carboxylic acids is 2. The number of fused-ring (bicyclic) bond motifs is 1. The highest BCUT2D eigenvalue weighted by molar-refractivity contribution is 6.51. The van der Waals surface area contributed by atoms with Gasteiger partial charge in [-0.1, -0.05) is 38.1 Å². The molecule has 8 nitrogen and oxygen atoms in total. The molecule has 0 bridgehead atoms. The van der Waals surface area contributed by atoms with Crippen LogP contribution in [0.25, 0.3) is 16.8 Å². The van der Waals surface area contributed by atoms with E-state index in [1.54, 1.807) is 48.7 Å². The van der Waals surface area contributed by atoms with Crippen molar-refractivity contribution in [2.75, 3.05) is 11.5 Å². The summed E-state index contributed by atoms with van der Waals surface area (Å²) in [6, 6.07) is 16.8. The number of Topliss-reactive ketones (excluding diaryl/α,β-unsaturated/α-hetero) is 1. The van der Waals surface area contributed by atoms with Crippen LogP contribution < -0.4 is 9.64 Å². The maximum absolute atomic E-state index is 13.3. The van der Waals surface area contributed by atoms with Crippen molar-refractivity contribution in [2.24, 2.45) is 5.92 Å². The summed E-state index contributed by atoms with van der Waals surface area (Å²) < 4.78 is 5.79. The summed E-state index contributed by atoms with van der Waals surface area (Å²) in [5.74, 6) is -0.813. The quantitative estimate of drug-likeness (QED) is 0.229. The number of ketones is 1. The molecule has 0 spiro atoms. The number of benzene rings is 2. The van der Waals surface area contributed by atoms with Crippen LogP contribution >= 0.6 is 0 Å². The van der Waals surface area contributed by atoms with Gasteiger partial charge in [-0.25, -0.2) is 4.98 Å². The van der Waals surface area contributed by atoms with Crippen molar-refractivity contribution in [3.8, 4) is 5.75 Å². The van der Waals surface area contributed by atoms with Crippen LogP contribution in [0, 0.1) is 12.8 Å². The molecule has 1 amide bonds. The molecule has 2 aromatic carbocycles. The molecular weight excluding hydrogens is 456 g/mol. The number of amides is 1. The average Bonchev–Trinajstić information content (AvgIpc) is 3.40. The first kappa shape index (κ1) is 23.3. The maximum atomic E-state index is 13.3. The zero-order valence-electron chi connectivity index (χ0n) is 20.2. The second kappa shape index (κ2) is 9.30. The number of ether oxygens (including phenoxy) is 1. The fourth-order valence-corrected chi connectivity index (χ4v) is 4.24. The number of aromatic nitrogens is 3. The number of hydrogen-bond acceptors (Lipinski definition) is 6. The Morgan fingerprint density at radius 2 is 1.94 bits per heavy atom. The second-order valence-corrected chi connectivity index (χ2v) is 9.24. The Balaban J connectivity index is 1.65. The normalized spacial score (nSPS) is 17.3. The molecule has 1 unspecified atom stereocenters. The summed E-state index contributed by atoms with van der Waals surface area (Å²) in [4.78, 5) is 40.1. The number of hydrogen-bond donors (Lipinski definition) is 2. The Morgan fingerprint density at radius 3 is 2.69 bits per heavy atom. The van der Waals surface area contributed by atoms with E-state index in [1.165, 1.54) is 4.90 Å². The molecule has 1 aliphatic rings. The van der Waals surface area contributed by atoms with Gasteiger partial charge in [0.2, 0.25) is 5.95 Å². The van der Waals surface area contributed by atoms with Gasteiger partial charge in [0.25, 0.3) is 5.78 Å².